The van der Waals surface area contributed by atoms with Crippen molar-refractivity contribution in [1.29, 1.82) is 0 Å². The minimum Gasteiger partial charge on any atom is -0.388 e. The predicted molar refractivity (Wildman–Crippen MR) is 86.9 cm³/mol. The van der Waals surface area contributed by atoms with Crippen LogP contribution in [0.2, 0.25) is 0 Å². The van der Waals surface area contributed by atoms with E-state index in [4.69, 9.17) is 0 Å². The summed E-state index contributed by atoms with van der Waals surface area (Å²) in [7, 11) is 0. The molecule has 6 heteroatoms. The first kappa shape index (κ1) is 15.7. The van der Waals surface area contributed by atoms with Gasteiger partial charge in [0.15, 0.2) is 5.82 Å². The summed E-state index contributed by atoms with van der Waals surface area (Å²) in [4.78, 5) is 18.8. The zero-order chi connectivity index (χ0) is 16.6. The molecular weight excluding hydrogens is 292 g/mol. The van der Waals surface area contributed by atoms with Crippen molar-refractivity contribution in [2.24, 2.45) is 0 Å². The third-order valence-electron chi connectivity index (χ3n) is 4.32. The number of nitrogens with zero attached hydrogens (tertiary/aromatic N) is 3. The van der Waals surface area contributed by atoms with Gasteiger partial charge in [-0.05, 0) is 45.7 Å². The van der Waals surface area contributed by atoms with Gasteiger partial charge in [0, 0.05) is 17.7 Å². The predicted octanol–water partition coefficient (Wildman–Crippen LogP) is 2.16. The van der Waals surface area contributed by atoms with Crippen LogP contribution in [0.1, 0.15) is 42.9 Å². The first-order valence-corrected chi connectivity index (χ1v) is 7.89. The lowest BCUT2D eigenvalue weighted by atomic mass is 9.96. The molecule has 1 amide bonds. The highest BCUT2D eigenvalue weighted by molar-refractivity contribution is 5.95. The molecule has 0 saturated carbocycles. The van der Waals surface area contributed by atoms with E-state index in [1.807, 2.05) is 19.1 Å². The Morgan fingerprint density at radius 2 is 2.04 bits per heavy atom. The molecular formula is C17H22N4O2. The van der Waals surface area contributed by atoms with Crippen LogP contribution in [0.3, 0.4) is 0 Å². The quantitative estimate of drug-likeness (QED) is 0.909. The van der Waals surface area contributed by atoms with Crippen molar-refractivity contribution in [3.63, 3.8) is 0 Å². The van der Waals surface area contributed by atoms with Crippen LogP contribution < -0.4 is 0 Å². The van der Waals surface area contributed by atoms with E-state index in [-0.39, 0.29) is 11.9 Å². The smallest absolute Gasteiger partial charge is 0.254 e. The number of H-pyrrole nitrogens is 1. The van der Waals surface area contributed by atoms with E-state index >= 15 is 0 Å². The molecule has 0 bridgehead atoms. The molecule has 1 atom stereocenters. The fourth-order valence-electron chi connectivity index (χ4n) is 3.14. The standard InChI is InChI=1S/C17H22N4O2/c1-11-18-15(20-19-11)12-6-8-13(9-7-12)16(22)21-10-4-5-14(21)17(2,3)23/h6-9,14,23H,4-5,10H2,1-3H3,(H,18,19,20). The minimum absolute atomic E-state index is 0.0349. The van der Waals surface area contributed by atoms with Gasteiger partial charge in [0.1, 0.15) is 5.82 Å². The van der Waals surface area contributed by atoms with Crippen molar-refractivity contribution in [3.8, 4) is 11.4 Å². The molecule has 0 spiro atoms. The van der Waals surface area contributed by atoms with Crippen molar-refractivity contribution < 1.29 is 9.90 Å². The maximum atomic E-state index is 12.7. The number of hydrogen-bond acceptors (Lipinski definition) is 4. The number of amides is 1. The number of nitrogens with one attached hydrogen (secondary N) is 1. The van der Waals surface area contributed by atoms with Crippen molar-refractivity contribution in [1.82, 2.24) is 20.1 Å². The molecule has 1 aromatic heterocycles. The number of aryl methyl sites for hydroxylation is 1. The van der Waals surface area contributed by atoms with E-state index in [1.165, 1.54) is 0 Å². The minimum atomic E-state index is -0.886. The van der Waals surface area contributed by atoms with Crippen molar-refractivity contribution in [2.45, 2.75) is 45.3 Å². The van der Waals surface area contributed by atoms with Crippen molar-refractivity contribution in [3.05, 3.63) is 35.7 Å². The molecule has 1 aliphatic rings. The van der Waals surface area contributed by atoms with Gasteiger partial charge in [0.05, 0.1) is 11.6 Å². The summed E-state index contributed by atoms with van der Waals surface area (Å²) in [6.45, 7) is 6.06. The largest absolute Gasteiger partial charge is 0.388 e. The second-order valence-electron chi connectivity index (χ2n) is 6.63. The molecule has 1 aromatic carbocycles. The molecule has 0 aliphatic carbocycles. The van der Waals surface area contributed by atoms with Crippen LogP contribution in [-0.4, -0.2) is 49.3 Å². The second kappa shape index (κ2) is 5.77. The number of carbonyl (C=O) groups excluding carboxylic acids is 1. The molecule has 0 radical (unpaired) electrons. The average molecular weight is 314 g/mol. The number of hydrogen-bond donors (Lipinski definition) is 2. The van der Waals surface area contributed by atoms with E-state index in [9.17, 15) is 9.90 Å². The first-order valence-electron chi connectivity index (χ1n) is 7.89. The zero-order valence-electron chi connectivity index (χ0n) is 13.7. The number of aromatic nitrogens is 3. The van der Waals surface area contributed by atoms with Crippen molar-refractivity contribution in [2.75, 3.05) is 6.54 Å². The highest BCUT2D eigenvalue weighted by Crippen LogP contribution is 2.28. The van der Waals surface area contributed by atoms with Crippen LogP contribution in [0, 0.1) is 6.92 Å². The van der Waals surface area contributed by atoms with E-state index in [1.54, 1.807) is 30.9 Å². The summed E-state index contributed by atoms with van der Waals surface area (Å²) in [5.74, 6) is 1.34. The molecule has 1 aliphatic heterocycles. The van der Waals surface area contributed by atoms with Gasteiger partial charge in [0.25, 0.3) is 5.91 Å². The molecule has 6 nitrogen and oxygen atoms in total. The number of rotatable bonds is 3. The van der Waals surface area contributed by atoms with E-state index < -0.39 is 5.60 Å². The molecule has 122 valence electrons. The highest BCUT2D eigenvalue weighted by atomic mass is 16.3. The topological polar surface area (TPSA) is 82.1 Å². The Bertz CT molecular complexity index is 700. The van der Waals surface area contributed by atoms with Crippen LogP contribution in [0.15, 0.2) is 24.3 Å². The maximum absolute atomic E-state index is 12.7. The lowest BCUT2D eigenvalue weighted by molar-refractivity contribution is 0.000337. The third kappa shape index (κ3) is 3.12. The number of aliphatic hydroxyl groups is 1. The van der Waals surface area contributed by atoms with E-state index in [2.05, 4.69) is 15.2 Å². The molecule has 2 aromatic rings. The van der Waals surface area contributed by atoms with Gasteiger partial charge in [-0.25, -0.2) is 4.98 Å². The Balaban J connectivity index is 1.80. The van der Waals surface area contributed by atoms with Gasteiger partial charge in [-0.3, -0.25) is 9.89 Å². The summed E-state index contributed by atoms with van der Waals surface area (Å²) in [6, 6.07) is 7.16. The Labute approximate surface area is 135 Å². The van der Waals surface area contributed by atoms with E-state index in [0.717, 1.165) is 24.2 Å². The van der Waals surface area contributed by atoms with Crippen LogP contribution in [-0.2, 0) is 0 Å². The number of aromatic amines is 1. The van der Waals surface area contributed by atoms with Crippen LogP contribution in [0.5, 0.6) is 0 Å². The Kier molecular flexibility index (Phi) is 3.93. The Hall–Kier alpha value is -2.21. The van der Waals surface area contributed by atoms with Crippen molar-refractivity contribution >= 4 is 5.91 Å². The summed E-state index contributed by atoms with van der Waals surface area (Å²) in [5.41, 5.74) is 0.603. The Morgan fingerprint density at radius 3 is 2.61 bits per heavy atom. The summed E-state index contributed by atoms with van der Waals surface area (Å²) >= 11 is 0. The van der Waals surface area contributed by atoms with E-state index in [0.29, 0.717) is 17.9 Å². The van der Waals surface area contributed by atoms with Crippen LogP contribution in [0.4, 0.5) is 0 Å². The molecule has 3 rings (SSSR count). The monoisotopic (exact) mass is 314 g/mol. The number of benzene rings is 1. The van der Waals surface area contributed by atoms with Gasteiger partial charge in [0.2, 0.25) is 0 Å². The normalized spacial score (nSPS) is 18.4. The van der Waals surface area contributed by atoms with Gasteiger partial charge >= 0.3 is 0 Å². The zero-order valence-corrected chi connectivity index (χ0v) is 13.7. The third-order valence-corrected chi connectivity index (χ3v) is 4.32. The Morgan fingerprint density at radius 1 is 1.35 bits per heavy atom. The SMILES string of the molecule is Cc1nc(-c2ccc(C(=O)N3CCCC3C(C)(C)O)cc2)n[nH]1. The lowest BCUT2D eigenvalue weighted by Gasteiger charge is -2.33. The fourth-order valence-corrected chi connectivity index (χ4v) is 3.14. The lowest BCUT2D eigenvalue weighted by Crippen LogP contribution is -2.48. The number of carbonyl (C=O) groups is 1. The van der Waals surface area contributed by atoms with Crippen LogP contribution >= 0.6 is 0 Å². The summed E-state index contributed by atoms with van der Waals surface area (Å²) in [5, 5.41) is 17.2. The summed E-state index contributed by atoms with van der Waals surface area (Å²) < 4.78 is 0. The van der Waals surface area contributed by atoms with Gasteiger partial charge in [-0.2, -0.15) is 5.10 Å². The van der Waals surface area contributed by atoms with Gasteiger partial charge in [-0.15, -0.1) is 0 Å². The average Bonchev–Trinajstić information content (AvgIpc) is 3.15. The molecule has 1 fully saturated rings. The molecule has 2 N–H and O–H groups in total. The maximum Gasteiger partial charge on any atom is 0.254 e. The highest BCUT2D eigenvalue weighted by Gasteiger charge is 2.38. The molecule has 1 unspecified atom stereocenters. The molecule has 1 saturated heterocycles. The second-order valence-corrected chi connectivity index (χ2v) is 6.63. The fraction of sp³-hybridized carbons (Fsp3) is 0.471. The molecule has 2 heterocycles. The van der Waals surface area contributed by atoms with Gasteiger partial charge < -0.3 is 10.0 Å². The van der Waals surface area contributed by atoms with Crippen LogP contribution in [0.25, 0.3) is 11.4 Å². The first-order chi connectivity index (χ1) is 10.9. The molecule has 23 heavy (non-hydrogen) atoms. The van der Waals surface area contributed by atoms with Gasteiger partial charge in [-0.1, -0.05) is 12.1 Å². The summed E-state index contributed by atoms with van der Waals surface area (Å²) in [6.07, 6.45) is 1.76. The number of likely N-dealkylation sites (tertiary alicyclic amines) is 1.